The molecule has 0 saturated heterocycles. The van der Waals surface area contributed by atoms with Crippen molar-refractivity contribution in [2.24, 2.45) is 5.92 Å². The van der Waals surface area contributed by atoms with Crippen LogP contribution in [0, 0.1) is 5.92 Å². The Labute approximate surface area is 351 Å². The van der Waals surface area contributed by atoms with E-state index in [9.17, 15) is 14.4 Å². The Morgan fingerprint density at radius 2 is 0.698 bits per heavy atom. The van der Waals surface area contributed by atoms with Crippen molar-refractivity contribution in [2.45, 2.75) is 206 Å². The summed E-state index contributed by atoms with van der Waals surface area (Å²) in [4.78, 5) is 35.1. The molecule has 0 N–H and O–H groups in total. The van der Waals surface area contributed by atoms with Gasteiger partial charge in [0.2, 0.25) is 0 Å². The third-order valence-electron chi connectivity index (χ3n) is 10.2. The van der Waals surface area contributed by atoms with E-state index in [4.69, 9.17) is 14.2 Å². The monoisotopic (exact) mass is 911 g/mol. The summed E-state index contributed by atoms with van der Waals surface area (Å²) >= 11 is 11.0. The molecule has 1 atom stereocenters. The Morgan fingerprint density at radius 1 is 0.415 bits per heavy atom. The van der Waals surface area contributed by atoms with Gasteiger partial charge in [-0.1, -0.05) is 0 Å². The Morgan fingerprint density at radius 3 is 1.04 bits per heavy atom. The summed E-state index contributed by atoms with van der Waals surface area (Å²) in [5, 5.41) is 0. The second-order valence-corrected chi connectivity index (χ2v) is 25.1. The maximum absolute atomic E-state index is 11.9. The van der Waals surface area contributed by atoms with Crippen LogP contribution in [0.15, 0.2) is 0 Å². The van der Waals surface area contributed by atoms with E-state index in [-0.39, 0.29) is 23.8 Å². The molecule has 0 aliphatic heterocycles. The molecule has 1 radical (unpaired) electrons. The van der Waals surface area contributed by atoms with E-state index in [2.05, 4.69) is 37.9 Å². The van der Waals surface area contributed by atoms with Gasteiger partial charge in [-0.25, -0.2) is 0 Å². The minimum absolute atomic E-state index is 0.0114. The van der Waals surface area contributed by atoms with Crippen molar-refractivity contribution in [1.82, 2.24) is 0 Å². The molecule has 0 aromatic rings. The van der Waals surface area contributed by atoms with E-state index in [1.807, 2.05) is 6.92 Å². The van der Waals surface area contributed by atoms with E-state index in [0.29, 0.717) is 49.9 Å². The topological polar surface area (TPSA) is 78.9 Å². The molecule has 0 fully saturated rings. The Hall–Kier alpha value is 0.259. The molecule has 0 spiro atoms. The Balaban J connectivity index is 4.11. The molecule has 0 aliphatic rings. The van der Waals surface area contributed by atoms with E-state index in [1.54, 1.807) is 13.3 Å². The third kappa shape index (κ3) is 40.3. The molecule has 1 unspecified atom stereocenters. The van der Waals surface area contributed by atoms with Crippen LogP contribution in [0.25, 0.3) is 0 Å². The normalized spacial score (nSPS) is 11.9. The number of hydrogen-bond donors (Lipinski definition) is 3. The Kier molecular flexibility index (Phi) is 43.6. The van der Waals surface area contributed by atoms with Gasteiger partial charge < -0.3 is 14.2 Å². The summed E-state index contributed by atoms with van der Waals surface area (Å²) in [5.74, 6) is 1.59. The van der Waals surface area contributed by atoms with Gasteiger partial charge in [0.15, 0.2) is 0 Å². The van der Waals surface area contributed by atoms with Gasteiger partial charge in [0.1, 0.15) is 19.8 Å². The molecule has 0 aliphatic carbocycles. The average molecular weight is 911 g/mol. The summed E-state index contributed by atoms with van der Waals surface area (Å²) in [6.45, 7) is 3.26. The van der Waals surface area contributed by atoms with Gasteiger partial charge in [-0.15, -0.1) is 0 Å². The fourth-order valence-electron chi connectivity index (χ4n) is 6.89. The summed E-state index contributed by atoms with van der Waals surface area (Å²) in [6.07, 6.45) is 35.9. The number of hydrogen-bond acceptors (Lipinski definition) is 9. The number of carbonyl (C=O) groups is 3. The molecule has 0 bridgehead atoms. The molecule has 0 saturated carbocycles. The van der Waals surface area contributed by atoms with Gasteiger partial charge in [0.25, 0.3) is 0 Å². The van der Waals surface area contributed by atoms with Crippen LogP contribution >= 0.6 is 37.9 Å². The molecular weight excluding hydrogens is 827 g/mol. The predicted octanol–water partition coefficient (Wildman–Crippen LogP) is 12.8. The number of unbranched alkanes of at least 4 members (excludes halogenated alkanes) is 23. The van der Waals surface area contributed by atoms with Crippen LogP contribution < -0.4 is 0 Å². The van der Waals surface area contributed by atoms with E-state index >= 15 is 0 Å². The van der Waals surface area contributed by atoms with Gasteiger partial charge >= 0.3 is 250 Å². The van der Waals surface area contributed by atoms with Crippen molar-refractivity contribution in [3.63, 3.8) is 0 Å². The van der Waals surface area contributed by atoms with Crippen LogP contribution in [0.3, 0.4) is 0 Å². The predicted molar refractivity (Wildman–Crippen MR) is 238 cm³/mol. The first-order valence-electron chi connectivity index (χ1n) is 22.1. The molecule has 6 nitrogen and oxygen atoms in total. The molecule has 0 aromatic heterocycles. The third-order valence-corrected chi connectivity index (χ3v) is 19.8. The fraction of sp³-hybridized carbons (Fsp3) is 0.930. The molecule has 0 amide bonds. The van der Waals surface area contributed by atoms with E-state index < -0.39 is 19.8 Å². The Bertz CT molecular complexity index is 779. The number of rotatable bonds is 42. The quantitative estimate of drug-likeness (QED) is 0.0186. The van der Waals surface area contributed by atoms with Crippen molar-refractivity contribution in [2.75, 3.05) is 37.1 Å². The van der Waals surface area contributed by atoms with Crippen LogP contribution in [-0.2, 0) is 28.6 Å². The molecule has 0 aromatic carbocycles. The number of esters is 3. The second-order valence-electron chi connectivity index (χ2n) is 15.2. The smallest absolute Gasteiger partial charge is 0.465 e. The average Bonchev–Trinajstić information content (AvgIpc) is 3.16. The zero-order chi connectivity index (χ0) is 38.9. The summed E-state index contributed by atoms with van der Waals surface area (Å²) < 4.78 is 20.2. The zero-order valence-corrected chi connectivity index (χ0v) is 39.8. The van der Waals surface area contributed by atoms with Crippen LogP contribution in [0.5, 0.6) is 0 Å². The van der Waals surface area contributed by atoms with Crippen LogP contribution in [-0.4, -0.2) is 74.7 Å². The molecule has 53 heavy (non-hydrogen) atoms. The number of carbonyl (C=O) groups excluding carboxylic acids is 3. The first kappa shape index (κ1) is 53.3. The number of thiol groups is 3. The van der Waals surface area contributed by atoms with Crippen molar-refractivity contribution in [3.8, 4) is 0 Å². The van der Waals surface area contributed by atoms with Gasteiger partial charge in [0.05, 0.1) is 0 Å². The molecule has 0 rings (SSSR count). The van der Waals surface area contributed by atoms with Crippen molar-refractivity contribution >= 4 is 75.6 Å². The van der Waals surface area contributed by atoms with Gasteiger partial charge in [-0.2, -0.15) is 37.9 Å². The molecular formula is C43H83O6S3Sn. The van der Waals surface area contributed by atoms with E-state index in [0.717, 1.165) is 38.5 Å². The SMILES string of the molecule is CC(CCCCCCCCC[CH2][Sn]([CH2]CCCCCCCCCCC(=O)OCCS)[CH2]CCCCCCCCCCC(=O)OCCS)C(=O)OCCS. The first-order valence-corrected chi connectivity index (χ1v) is 30.0. The van der Waals surface area contributed by atoms with Crippen LogP contribution in [0.4, 0.5) is 0 Å². The summed E-state index contributed by atoms with van der Waals surface area (Å²) in [5.41, 5.74) is 0. The van der Waals surface area contributed by atoms with Crippen LogP contribution in [0.1, 0.15) is 193 Å². The molecule has 313 valence electrons. The van der Waals surface area contributed by atoms with Crippen molar-refractivity contribution in [1.29, 1.82) is 0 Å². The summed E-state index contributed by atoms with van der Waals surface area (Å²) in [6, 6.07) is 0. The van der Waals surface area contributed by atoms with Gasteiger partial charge in [0, 0.05) is 17.3 Å². The molecule has 0 heterocycles. The van der Waals surface area contributed by atoms with E-state index in [1.165, 1.54) is 135 Å². The van der Waals surface area contributed by atoms with Crippen molar-refractivity contribution < 1.29 is 28.6 Å². The first-order chi connectivity index (χ1) is 25.9. The number of ether oxygens (including phenoxy) is 3. The minimum Gasteiger partial charge on any atom is -0.465 e. The summed E-state index contributed by atoms with van der Waals surface area (Å²) in [7, 11) is 0. The van der Waals surface area contributed by atoms with Crippen molar-refractivity contribution in [3.05, 3.63) is 0 Å². The molecule has 10 heteroatoms. The maximum atomic E-state index is 11.9. The van der Waals surface area contributed by atoms with Crippen LogP contribution in [0.2, 0.25) is 13.3 Å². The minimum atomic E-state index is -1.29. The fourth-order valence-corrected chi connectivity index (χ4v) is 15.7. The van der Waals surface area contributed by atoms with Gasteiger partial charge in [-0.3, -0.25) is 14.4 Å². The standard InChI is InChI=1S/C15H29O2S.2C14H27O2S.Sn/c1-3-4-5-6-7-8-9-10-11-14(2)15(16)17-12-13-18;2*1-2-3-4-5-6-7-8-9-10-11-14(15)16-12-13-17;/h14,18H,1,3-13H2,2H3;2*17H,1-13H2;. The zero-order valence-electron chi connectivity index (χ0n) is 34.2. The second kappa shape index (κ2) is 43.4. The van der Waals surface area contributed by atoms with Gasteiger partial charge in [-0.05, 0) is 0 Å².